The number of nitrogens with zero attached hydrogens (tertiary/aromatic N) is 4. The summed E-state index contributed by atoms with van der Waals surface area (Å²) < 4.78 is 23.7. The number of rotatable bonds is 8. The molecule has 4 rings (SSSR count). The van der Waals surface area contributed by atoms with E-state index in [-0.39, 0.29) is 5.91 Å². The number of amides is 1. The van der Waals surface area contributed by atoms with E-state index in [4.69, 9.17) is 18.9 Å². The highest BCUT2D eigenvalue weighted by atomic mass is 16.5. The quantitative estimate of drug-likeness (QED) is 0.432. The van der Waals surface area contributed by atoms with Crippen molar-refractivity contribution in [2.75, 3.05) is 26.1 Å². The Kier molecular flexibility index (Phi) is 6.25. The predicted molar refractivity (Wildman–Crippen MR) is 121 cm³/mol. The van der Waals surface area contributed by atoms with Crippen molar-refractivity contribution in [1.29, 1.82) is 0 Å². The summed E-state index contributed by atoms with van der Waals surface area (Å²) in [5, 5.41) is 7.58. The van der Waals surface area contributed by atoms with Crippen molar-refractivity contribution >= 4 is 22.6 Å². The molecule has 10 nitrogen and oxygen atoms in total. The molecule has 4 aromatic rings. The average molecular weight is 449 g/mol. The first-order valence-electron chi connectivity index (χ1n) is 10.1. The van der Waals surface area contributed by atoms with Crippen LogP contribution in [-0.4, -0.2) is 46.5 Å². The van der Waals surface area contributed by atoms with Gasteiger partial charge in [-0.15, -0.1) is 0 Å². The van der Waals surface area contributed by atoms with E-state index in [1.165, 1.54) is 17.1 Å². The molecule has 0 fully saturated rings. The topological polar surface area (TPSA) is 110 Å². The number of nitrogens with one attached hydrogen (secondary N) is 1. The average Bonchev–Trinajstić information content (AvgIpc) is 3.20. The zero-order chi connectivity index (χ0) is 23.4. The van der Waals surface area contributed by atoms with Crippen molar-refractivity contribution in [3.05, 3.63) is 54.6 Å². The van der Waals surface area contributed by atoms with Crippen LogP contribution in [-0.2, 0) is 7.05 Å². The van der Waals surface area contributed by atoms with Gasteiger partial charge in [0, 0.05) is 24.7 Å². The van der Waals surface area contributed by atoms with Crippen LogP contribution in [0.3, 0.4) is 0 Å². The summed E-state index contributed by atoms with van der Waals surface area (Å²) in [5.41, 5.74) is 1.01. The van der Waals surface area contributed by atoms with Gasteiger partial charge >= 0.3 is 0 Å². The Morgan fingerprint density at radius 1 is 1.00 bits per heavy atom. The van der Waals surface area contributed by atoms with Crippen molar-refractivity contribution in [1.82, 2.24) is 19.7 Å². The number of benzene rings is 1. The molecule has 1 aromatic carbocycles. The lowest BCUT2D eigenvalue weighted by Crippen LogP contribution is -2.18. The SMILES string of the molecule is CCOc1cnn(C)c1C(=O)Nc1ccc(Oc2ccnc3cc(OC)c(OC)cc23)cn1. The summed E-state index contributed by atoms with van der Waals surface area (Å²) in [5.74, 6) is 2.62. The Hall–Kier alpha value is -4.34. The number of methoxy groups -OCH3 is 2. The van der Waals surface area contributed by atoms with E-state index >= 15 is 0 Å². The molecule has 10 heteroatoms. The van der Waals surface area contributed by atoms with E-state index in [2.05, 4.69) is 20.4 Å². The number of aryl methyl sites for hydroxylation is 1. The number of ether oxygens (including phenoxy) is 4. The fourth-order valence-corrected chi connectivity index (χ4v) is 3.29. The molecule has 1 amide bonds. The van der Waals surface area contributed by atoms with Gasteiger partial charge in [-0.1, -0.05) is 0 Å². The minimum atomic E-state index is -0.374. The lowest BCUT2D eigenvalue weighted by molar-refractivity contribution is 0.101. The summed E-state index contributed by atoms with van der Waals surface area (Å²) >= 11 is 0. The molecule has 0 unspecified atom stereocenters. The number of hydrogen-bond donors (Lipinski definition) is 1. The molecule has 0 radical (unpaired) electrons. The molecule has 0 aliphatic heterocycles. The van der Waals surface area contributed by atoms with Gasteiger partial charge in [-0.25, -0.2) is 4.98 Å². The van der Waals surface area contributed by atoms with E-state index in [1.807, 2.05) is 13.0 Å². The number of carbonyl (C=O) groups excluding carboxylic acids is 1. The van der Waals surface area contributed by atoms with Gasteiger partial charge in [0.25, 0.3) is 5.91 Å². The van der Waals surface area contributed by atoms with Gasteiger partial charge in [0.2, 0.25) is 0 Å². The number of aromatic nitrogens is 4. The van der Waals surface area contributed by atoms with Crippen LogP contribution in [0.15, 0.2) is 48.9 Å². The first-order chi connectivity index (χ1) is 16.0. The molecule has 3 aromatic heterocycles. The van der Waals surface area contributed by atoms with Crippen molar-refractivity contribution < 1.29 is 23.7 Å². The Morgan fingerprint density at radius 3 is 2.48 bits per heavy atom. The molecule has 1 N–H and O–H groups in total. The van der Waals surface area contributed by atoms with E-state index in [9.17, 15) is 4.79 Å². The first-order valence-corrected chi connectivity index (χ1v) is 10.1. The maximum Gasteiger partial charge on any atom is 0.278 e. The fourth-order valence-electron chi connectivity index (χ4n) is 3.29. The largest absolute Gasteiger partial charge is 0.493 e. The maximum absolute atomic E-state index is 12.7. The molecule has 0 spiro atoms. The highest BCUT2D eigenvalue weighted by Gasteiger charge is 2.19. The monoisotopic (exact) mass is 449 g/mol. The van der Waals surface area contributed by atoms with E-state index < -0.39 is 0 Å². The lowest BCUT2D eigenvalue weighted by atomic mass is 10.2. The molecule has 0 aliphatic carbocycles. The van der Waals surface area contributed by atoms with Crippen LogP contribution in [0.2, 0.25) is 0 Å². The maximum atomic E-state index is 12.7. The van der Waals surface area contributed by atoms with Crippen LogP contribution < -0.4 is 24.3 Å². The van der Waals surface area contributed by atoms with Crippen LogP contribution in [0.4, 0.5) is 5.82 Å². The van der Waals surface area contributed by atoms with Crippen molar-refractivity contribution in [3.63, 3.8) is 0 Å². The Balaban J connectivity index is 1.53. The number of pyridine rings is 2. The molecule has 0 atom stereocenters. The van der Waals surface area contributed by atoms with Gasteiger partial charge in [-0.3, -0.25) is 14.5 Å². The Morgan fingerprint density at radius 2 is 1.79 bits per heavy atom. The van der Waals surface area contributed by atoms with E-state index in [0.29, 0.717) is 52.4 Å². The molecule has 0 aliphatic rings. The summed E-state index contributed by atoms with van der Waals surface area (Å²) in [6.07, 6.45) is 4.68. The molecule has 3 heterocycles. The third kappa shape index (κ3) is 4.49. The number of carbonyl (C=O) groups is 1. The van der Waals surface area contributed by atoms with Crippen LogP contribution in [0, 0.1) is 0 Å². The van der Waals surface area contributed by atoms with Crippen molar-refractivity contribution in [3.8, 4) is 28.7 Å². The predicted octanol–water partition coefficient (Wildman–Crippen LogP) is 3.82. The third-order valence-electron chi connectivity index (χ3n) is 4.83. The van der Waals surface area contributed by atoms with Gasteiger partial charge in [0.1, 0.15) is 17.3 Å². The lowest BCUT2D eigenvalue weighted by Gasteiger charge is -2.12. The Bertz CT molecular complexity index is 1290. The highest BCUT2D eigenvalue weighted by molar-refractivity contribution is 6.04. The summed E-state index contributed by atoms with van der Waals surface area (Å²) in [4.78, 5) is 21.3. The highest BCUT2D eigenvalue weighted by Crippen LogP contribution is 2.36. The van der Waals surface area contributed by atoms with Gasteiger partial charge in [-0.2, -0.15) is 5.10 Å². The summed E-state index contributed by atoms with van der Waals surface area (Å²) in [7, 11) is 4.81. The zero-order valence-corrected chi connectivity index (χ0v) is 18.7. The van der Waals surface area contributed by atoms with E-state index in [1.54, 1.807) is 51.7 Å². The summed E-state index contributed by atoms with van der Waals surface area (Å²) in [6.45, 7) is 2.27. The standard InChI is InChI=1S/C23H23N5O5/c1-5-32-20-13-26-28(2)22(20)23(29)27-21-7-6-14(12-25-21)33-17-8-9-24-16-11-19(31-4)18(30-3)10-15(16)17/h6-13H,5H2,1-4H3,(H,25,27,29). The molecule has 0 saturated carbocycles. The van der Waals surface area contributed by atoms with Gasteiger partial charge < -0.3 is 24.3 Å². The molecule has 0 saturated heterocycles. The molecule has 0 bridgehead atoms. The van der Waals surface area contributed by atoms with Gasteiger partial charge in [-0.05, 0) is 31.2 Å². The second-order valence-electron chi connectivity index (χ2n) is 6.88. The van der Waals surface area contributed by atoms with Gasteiger partial charge in [0.15, 0.2) is 22.9 Å². The van der Waals surface area contributed by atoms with Crippen LogP contribution in [0.5, 0.6) is 28.7 Å². The smallest absolute Gasteiger partial charge is 0.278 e. The third-order valence-corrected chi connectivity index (χ3v) is 4.83. The van der Waals surface area contributed by atoms with Crippen molar-refractivity contribution in [2.45, 2.75) is 6.92 Å². The van der Waals surface area contributed by atoms with E-state index in [0.717, 1.165) is 5.39 Å². The number of fused-ring (bicyclic) bond motifs is 1. The first kappa shape index (κ1) is 21.9. The molecule has 170 valence electrons. The molecular weight excluding hydrogens is 426 g/mol. The molecule has 33 heavy (non-hydrogen) atoms. The fraction of sp³-hybridized carbons (Fsp3) is 0.217. The zero-order valence-electron chi connectivity index (χ0n) is 18.7. The van der Waals surface area contributed by atoms with Crippen LogP contribution in [0.1, 0.15) is 17.4 Å². The van der Waals surface area contributed by atoms with Crippen LogP contribution in [0.25, 0.3) is 10.9 Å². The summed E-state index contributed by atoms with van der Waals surface area (Å²) in [6, 6.07) is 8.70. The van der Waals surface area contributed by atoms with Gasteiger partial charge in [0.05, 0.1) is 38.7 Å². The normalized spacial score (nSPS) is 10.7. The minimum absolute atomic E-state index is 0.312. The number of hydrogen-bond acceptors (Lipinski definition) is 8. The second-order valence-corrected chi connectivity index (χ2v) is 6.88. The minimum Gasteiger partial charge on any atom is -0.493 e. The second kappa shape index (κ2) is 9.43. The molecular formula is C23H23N5O5. The van der Waals surface area contributed by atoms with Crippen LogP contribution >= 0.6 is 0 Å². The number of anilines is 1. The van der Waals surface area contributed by atoms with Crippen molar-refractivity contribution in [2.24, 2.45) is 7.05 Å². The Labute approximate surface area is 190 Å².